The molecule has 0 spiro atoms. The number of Topliss-reactive ketones (excluding diaryl/α,β-unsaturated/α-hetero) is 1. The van der Waals surface area contributed by atoms with Crippen molar-refractivity contribution in [3.8, 4) is 0 Å². The molecule has 0 aromatic rings. The second-order valence-electron chi connectivity index (χ2n) is 5.74. The Kier molecular flexibility index (Phi) is 2.40. The Morgan fingerprint density at radius 3 is 2.81 bits per heavy atom. The molecule has 3 heteroatoms. The monoisotopic (exact) mass is 238 g/mol. The summed E-state index contributed by atoms with van der Waals surface area (Å²) in [6.07, 6.45) is 6.57. The standard InChI is InChI=1S/C13H19O2P/c1-16(15)7-6-12-11-4-3-10(14)8-9(11)2-5-13(12)16/h12-13H,2-8H2,1H3/t12-,13+,16-/m1/s1. The third-order valence-electron chi connectivity index (χ3n) is 4.78. The van der Waals surface area contributed by atoms with Crippen molar-refractivity contribution in [3.63, 3.8) is 0 Å². The van der Waals surface area contributed by atoms with E-state index in [0.717, 1.165) is 38.3 Å². The van der Waals surface area contributed by atoms with Gasteiger partial charge in [-0.25, -0.2) is 0 Å². The SMILES string of the molecule is C[P@@]1(=O)CC[C@@H]2C3=C(CC[C@@H]21)CC(=O)CC3. The average Bonchev–Trinajstić information content (AvgIpc) is 2.54. The molecule has 3 aliphatic rings. The van der Waals surface area contributed by atoms with Crippen LogP contribution in [-0.4, -0.2) is 24.3 Å². The van der Waals surface area contributed by atoms with Crippen molar-refractivity contribution in [3.05, 3.63) is 11.1 Å². The molecular formula is C13H19O2P. The molecule has 1 fully saturated rings. The van der Waals surface area contributed by atoms with E-state index < -0.39 is 7.14 Å². The zero-order valence-electron chi connectivity index (χ0n) is 9.87. The third-order valence-corrected chi connectivity index (χ3v) is 7.94. The fraction of sp³-hybridized carbons (Fsp3) is 0.769. The summed E-state index contributed by atoms with van der Waals surface area (Å²) in [6, 6.07) is 0. The van der Waals surface area contributed by atoms with Crippen molar-refractivity contribution in [2.45, 2.75) is 44.2 Å². The van der Waals surface area contributed by atoms with E-state index in [4.69, 9.17) is 0 Å². The minimum Gasteiger partial charge on any atom is -0.324 e. The maximum atomic E-state index is 12.4. The molecule has 16 heavy (non-hydrogen) atoms. The lowest BCUT2D eigenvalue weighted by atomic mass is 9.74. The summed E-state index contributed by atoms with van der Waals surface area (Å²) >= 11 is 0. The molecule has 0 amide bonds. The zero-order valence-corrected chi connectivity index (χ0v) is 10.8. The highest BCUT2D eigenvalue weighted by Crippen LogP contribution is 2.63. The van der Waals surface area contributed by atoms with Crippen molar-refractivity contribution < 1.29 is 9.36 Å². The number of hydrogen-bond donors (Lipinski definition) is 0. The average molecular weight is 238 g/mol. The lowest BCUT2D eigenvalue weighted by Gasteiger charge is -2.34. The molecule has 88 valence electrons. The minimum atomic E-state index is -1.87. The third kappa shape index (κ3) is 1.54. The number of allylic oxidation sites excluding steroid dienone is 2. The largest absolute Gasteiger partial charge is 0.324 e. The zero-order chi connectivity index (χ0) is 11.3. The van der Waals surface area contributed by atoms with E-state index in [2.05, 4.69) is 0 Å². The van der Waals surface area contributed by atoms with Crippen LogP contribution in [0.25, 0.3) is 0 Å². The summed E-state index contributed by atoms with van der Waals surface area (Å²) < 4.78 is 12.4. The number of rotatable bonds is 0. The van der Waals surface area contributed by atoms with Crippen molar-refractivity contribution >= 4 is 12.9 Å². The first kappa shape index (κ1) is 10.8. The Bertz CT molecular complexity index is 422. The summed E-state index contributed by atoms with van der Waals surface area (Å²) in [5.74, 6) is 0.988. The predicted molar refractivity (Wildman–Crippen MR) is 65.4 cm³/mol. The van der Waals surface area contributed by atoms with Gasteiger partial charge in [0, 0.05) is 24.7 Å². The molecule has 1 saturated heterocycles. The van der Waals surface area contributed by atoms with Gasteiger partial charge in [-0.15, -0.1) is 0 Å². The van der Waals surface area contributed by atoms with E-state index in [1.54, 1.807) is 0 Å². The molecule has 2 nitrogen and oxygen atoms in total. The van der Waals surface area contributed by atoms with Crippen molar-refractivity contribution in [2.24, 2.45) is 5.92 Å². The van der Waals surface area contributed by atoms with Gasteiger partial charge in [0.1, 0.15) is 5.78 Å². The van der Waals surface area contributed by atoms with Crippen LogP contribution in [0.3, 0.4) is 0 Å². The van der Waals surface area contributed by atoms with Gasteiger partial charge in [0.05, 0.1) is 7.14 Å². The van der Waals surface area contributed by atoms with Crippen molar-refractivity contribution in [1.82, 2.24) is 0 Å². The van der Waals surface area contributed by atoms with Gasteiger partial charge in [-0.3, -0.25) is 4.79 Å². The van der Waals surface area contributed by atoms with Crippen LogP contribution in [0.4, 0.5) is 0 Å². The van der Waals surface area contributed by atoms with E-state index >= 15 is 0 Å². The van der Waals surface area contributed by atoms with E-state index in [1.165, 1.54) is 11.1 Å². The lowest BCUT2D eigenvalue weighted by Crippen LogP contribution is -2.26. The molecule has 0 bridgehead atoms. The number of carbonyl (C=O) groups is 1. The highest BCUT2D eigenvalue weighted by atomic mass is 31.2. The summed E-state index contributed by atoms with van der Waals surface area (Å²) in [4.78, 5) is 11.4. The van der Waals surface area contributed by atoms with Gasteiger partial charge in [0.2, 0.25) is 0 Å². The highest BCUT2D eigenvalue weighted by molar-refractivity contribution is 7.64. The van der Waals surface area contributed by atoms with Gasteiger partial charge >= 0.3 is 0 Å². The Balaban J connectivity index is 1.95. The molecule has 0 saturated carbocycles. The maximum Gasteiger partial charge on any atom is 0.137 e. The molecule has 3 rings (SSSR count). The van der Waals surface area contributed by atoms with E-state index in [0.29, 0.717) is 23.8 Å². The highest BCUT2D eigenvalue weighted by Gasteiger charge is 2.45. The van der Waals surface area contributed by atoms with E-state index in [-0.39, 0.29) is 0 Å². The van der Waals surface area contributed by atoms with Gasteiger partial charge in [-0.2, -0.15) is 0 Å². The molecule has 1 heterocycles. The van der Waals surface area contributed by atoms with Crippen LogP contribution in [-0.2, 0) is 9.36 Å². The summed E-state index contributed by atoms with van der Waals surface area (Å²) in [7, 11) is -1.87. The predicted octanol–water partition coefficient (Wildman–Crippen LogP) is 3.21. The summed E-state index contributed by atoms with van der Waals surface area (Å²) in [6.45, 7) is 2.00. The lowest BCUT2D eigenvalue weighted by molar-refractivity contribution is -0.118. The molecule has 0 N–H and O–H groups in total. The van der Waals surface area contributed by atoms with Crippen LogP contribution in [0.1, 0.15) is 38.5 Å². The number of ketones is 1. The normalized spacial score (nSPS) is 43.2. The quantitative estimate of drug-likeness (QED) is 0.479. The molecule has 0 aromatic heterocycles. The first-order chi connectivity index (χ1) is 7.58. The van der Waals surface area contributed by atoms with Crippen LogP contribution in [0.15, 0.2) is 11.1 Å². The van der Waals surface area contributed by atoms with E-state index in [1.807, 2.05) is 6.66 Å². The molecular weight excluding hydrogens is 219 g/mol. The van der Waals surface area contributed by atoms with E-state index in [9.17, 15) is 9.36 Å². The van der Waals surface area contributed by atoms with Crippen molar-refractivity contribution in [2.75, 3.05) is 12.8 Å². The van der Waals surface area contributed by atoms with Crippen LogP contribution < -0.4 is 0 Å². The van der Waals surface area contributed by atoms with Crippen LogP contribution in [0, 0.1) is 5.92 Å². The Morgan fingerprint density at radius 1 is 1.19 bits per heavy atom. The van der Waals surface area contributed by atoms with Crippen molar-refractivity contribution in [1.29, 1.82) is 0 Å². The van der Waals surface area contributed by atoms with Gasteiger partial charge < -0.3 is 4.57 Å². The number of carbonyl (C=O) groups excluding carboxylic acids is 1. The second kappa shape index (κ2) is 3.57. The summed E-state index contributed by atoms with van der Waals surface area (Å²) in [5, 5.41) is 0. The molecule has 0 aromatic carbocycles. The van der Waals surface area contributed by atoms with Gasteiger partial charge in [-0.1, -0.05) is 11.1 Å². The fourth-order valence-electron chi connectivity index (χ4n) is 3.92. The Morgan fingerprint density at radius 2 is 2.00 bits per heavy atom. The molecule has 3 atom stereocenters. The fourth-order valence-corrected chi connectivity index (χ4v) is 6.81. The second-order valence-corrected chi connectivity index (χ2v) is 9.20. The van der Waals surface area contributed by atoms with Gasteiger partial charge in [0.15, 0.2) is 0 Å². The smallest absolute Gasteiger partial charge is 0.137 e. The Labute approximate surface area is 96.9 Å². The Hall–Kier alpha value is -0.360. The molecule has 2 aliphatic carbocycles. The molecule has 1 aliphatic heterocycles. The van der Waals surface area contributed by atoms with Gasteiger partial charge in [-0.05, 0) is 38.3 Å². The summed E-state index contributed by atoms with van der Waals surface area (Å²) in [5.41, 5.74) is 3.41. The molecule has 0 unspecified atom stereocenters. The first-order valence-electron chi connectivity index (χ1n) is 6.36. The first-order valence-corrected chi connectivity index (χ1v) is 8.77. The van der Waals surface area contributed by atoms with Gasteiger partial charge in [0.25, 0.3) is 0 Å². The number of hydrogen-bond acceptors (Lipinski definition) is 2. The number of fused-ring (bicyclic) bond motifs is 2. The van der Waals surface area contributed by atoms with Crippen LogP contribution in [0.2, 0.25) is 0 Å². The molecule has 0 radical (unpaired) electrons. The topological polar surface area (TPSA) is 34.1 Å². The minimum absolute atomic E-state index is 0.412. The van der Waals surface area contributed by atoms with Crippen LogP contribution in [0.5, 0.6) is 0 Å². The van der Waals surface area contributed by atoms with Crippen LogP contribution >= 0.6 is 7.14 Å². The maximum absolute atomic E-state index is 12.4.